The molecule has 2 rings (SSSR count). The maximum atomic E-state index is 11.5. The number of carbonyl (C=O) groups excluding carboxylic acids is 1. The van der Waals surface area contributed by atoms with Crippen molar-refractivity contribution in [3.05, 3.63) is 24.4 Å². The van der Waals surface area contributed by atoms with E-state index in [0.29, 0.717) is 24.2 Å². The van der Waals surface area contributed by atoms with Gasteiger partial charge in [-0.1, -0.05) is 6.92 Å². The Balaban J connectivity index is 2.27. The number of ketones is 1. The molecule has 0 saturated heterocycles. The quantitative estimate of drug-likeness (QED) is 0.746. The average Bonchev–Trinajstić information content (AvgIpc) is 2.67. The summed E-state index contributed by atoms with van der Waals surface area (Å²) in [6.45, 7) is 1.99. The predicted molar refractivity (Wildman–Crippen MR) is 54.4 cm³/mol. The fraction of sp³-hybridized carbons (Fsp3) is 0.400. The Morgan fingerprint density at radius 2 is 2.40 bits per heavy atom. The first-order valence-electron chi connectivity index (χ1n) is 4.96. The van der Waals surface area contributed by atoms with Crippen LogP contribution in [0, 0.1) is 0 Å². The molecule has 0 bridgehead atoms. The maximum Gasteiger partial charge on any atom is 0.182 e. The molecule has 0 aliphatic rings. The lowest BCUT2D eigenvalue weighted by Crippen LogP contribution is -2.05. The molecule has 0 aliphatic heterocycles. The molecule has 0 radical (unpaired) electrons. The molecular weight excluding hydrogens is 192 g/mol. The second kappa shape index (κ2) is 4.16. The van der Waals surface area contributed by atoms with Gasteiger partial charge in [-0.25, -0.2) is 0 Å². The van der Waals surface area contributed by atoms with E-state index >= 15 is 0 Å². The largest absolute Gasteiger partial charge is 0.299 e. The van der Waals surface area contributed by atoms with Crippen molar-refractivity contribution in [3.8, 4) is 0 Å². The highest BCUT2D eigenvalue weighted by molar-refractivity contribution is 5.81. The first kappa shape index (κ1) is 9.76. The molecule has 2 aromatic heterocycles. The molecule has 0 saturated carbocycles. The van der Waals surface area contributed by atoms with E-state index in [-0.39, 0.29) is 5.78 Å². The Kier molecular flexibility index (Phi) is 2.71. The van der Waals surface area contributed by atoms with E-state index < -0.39 is 0 Å². The smallest absolute Gasteiger partial charge is 0.182 e. The van der Waals surface area contributed by atoms with Gasteiger partial charge in [-0.15, -0.1) is 10.2 Å². The molecule has 5 heteroatoms. The molecule has 0 atom stereocenters. The van der Waals surface area contributed by atoms with Crippen LogP contribution in [0.4, 0.5) is 0 Å². The average molecular weight is 204 g/mol. The van der Waals surface area contributed by atoms with E-state index in [0.717, 1.165) is 6.42 Å². The zero-order valence-corrected chi connectivity index (χ0v) is 8.55. The van der Waals surface area contributed by atoms with Crippen LogP contribution in [-0.4, -0.2) is 25.4 Å². The second-order valence-corrected chi connectivity index (χ2v) is 3.40. The molecule has 0 N–H and O–H groups in total. The Bertz CT molecular complexity index is 477. The van der Waals surface area contributed by atoms with Gasteiger partial charge in [-0.3, -0.25) is 14.2 Å². The van der Waals surface area contributed by atoms with Gasteiger partial charge in [-0.05, 0) is 6.42 Å². The third kappa shape index (κ3) is 2.01. The van der Waals surface area contributed by atoms with Crippen LogP contribution in [-0.2, 0) is 11.2 Å². The summed E-state index contributed by atoms with van der Waals surface area (Å²) in [6, 6.07) is 0. The van der Waals surface area contributed by atoms with Crippen molar-refractivity contribution >= 4 is 11.4 Å². The van der Waals surface area contributed by atoms with E-state index in [2.05, 4.69) is 15.2 Å². The van der Waals surface area contributed by atoms with Gasteiger partial charge < -0.3 is 0 Å². The number of aromatic nitrogens is 4. The Hall–Kier alpha value is -1.78. The zero-order valence-electron chi connectivity index (χ0n) is 8.55. The van der Waals surface area contributed by atoms with Gasteiger partial charge in [0, 0.05) is 18.8 Å². The Morgan fingerprint density at radius 1 is 1.53 bits per heavy atom. The first-order valence-corrected chi connectivity index (χ1v) is 4.96. The van der Waals surface area contributed by atoms with E-state index in [1.165, 1.54) is 0 Å². The van der Waals surface area contributed by atoms with Gasteiger partial charge in [0.2, 0.25) is 0 Å². The van der Waals surface area contributed by atoms with E-state index in [9.17, 15) is 4.79 Å². The van der Waals surface area contributed by atoms with Crippen LogP contribution in [0.15, 0.2) is 18.7 Å². The summed E-state index contributed by atoms with van der Waals surface area (Å²) < 4.78 is 1.77. The van der Waals surface area contributed by atoms with Crippen LogP contribution in [0.5, 0.6) is 0 Å². The van der Waals surface area contributed by atoms with Crippen LogP contribution >= 0.6 is 0 Å². The summed E-state index contributed by atoms with van der Waals surface area (Å²) >= 11 is 0. The van der Waals surface area contributed by atoms with Crippen LogP contribution in [0.3, 0.4) is 0 Å². The predicted octanol–water partition coefficient (Wildman–Crippen LogP) is 1.04. The normalized spacial score (nSPS) is 10.7. The number of hydrogen-bond donors (Lipinski definition) is 0. The highest BCUT2D eigenvalue weighted by Crippen LogP contribution is 2.06. The van der Waals surface area contributed by atoms with Crippen molar-refractivity contribution in [1.29, 1.82) is 0 Å². The molecule has 2 heterocycles. The van der Waals surface area contributed by atoms with Gasteiger partial charge in [0.05, 0.1) is 12.1 Å². The Morgan fingerprint density at radius 3 is 3.20 bits per heavy atom. The summed E-state index contributed by atoms with van der Waals surface area (Å²) in [6.07, 6.45) is 6.83. The lowest BCUT2D eigenvalue weighted by Gasteiger charge is -2.00. The number of Topliss-reactive ketones (excluding diaryl/α,β-unsaturated/α-hetero) is 1. The molecule has 0 spiro atoms. The molecule has 0 amide bonds. The van der Waals surface area contributed by atoms with Gasteiger partial charge in [0.1, 0.15) is 12.1 Å². The summed E-state index contributed by atoms with van der Waals surface area (Å²) in [7, 11) is 0. The van der Waals surface area contributed by atoms with Gasteiger partial charge in [-0.2, -0.15) is 0 Å². The van der Waals surface area contributed by atoms with E-state index in [1.807, 2.05) is 6.92 Å². The molecule has 5 nitrogen and oxygen atoms in total. The SMILES string of the molecule is CCCC(=O)Cc1nccn2cnnc12. The maximum absolute atomic E-state index is 11.5. The van der Waals surface area contributed by atoms with Crippen LogP contribution in [0.2, 0.25) is 0 Å². The molecular formula is C10H12N4O. The topological polar surface area (TPSA) is 60.2 Å². The molecule has 0 aromatic carbocycles. The fourth-order valence-corrected chi connectivity index (χ4v) is 1.49. The van der Waals surface area contributed by atoms with Crippen molar-refractivity contribution in [2.75, 3.05) is 0 Å². The van der Waals surface area contributed by atoms with Crippen LogP contribution in [0.1, 0.15) is 25.5 Å². The lowest BCUT2D eigenvalue weighted by atomic mass is 10.1. The van der Waals surface area contributed by atoms with Gasteiger partial charge in [0.15, 0.2) is 5.65 Å². The van der Waals surface area contributed by atoms with Crippen molar-refractivity contribution in [2.24, 2.45) is 0 Å². The third-order valence-corrected chi connectivity index (χ3v) is 2.18. The third-order valence-electron chi connectivity index (χ3n) is 2.18. The minimum Gasteiger partial charge on any atom is -0.299 e. The van der Waals surface area contributed by atoms with Crippen LogP contribution < -0.4 is 0 Å². The number of fused-ring (bicyclic) bond motifs is 1. The van der Waals surface area contributed by atoms with Crippen molar-refractivity contribution in [1.82, 2.24) is 19.6 Å². The molecule has 2 aromatic rings. The standard InChI is InChI=1S/C10H12N4O/c1-2-3-8(15)6-9-10-13-12-7-14(10)5-4-11-9/h4-5,7H,2-3,6H2,1H3. The van der Waals surface area contributed by atoms with Gasteiger partial charge in [0.25, 0.3) is 0 Å². The molecule has 15 heavy (non-hydrogen) atoms. The number of carbonyl (C=O) groups is 1. The first-order chi connectivity index (χ1) is 7.31. The van der Waals surface area contributed by atoms with Gasteiger partial charge >= 0.3 is 0 Å². The highest BCUT2D eigenvalue weighted by atomic mass is 16.1. The minimum absolute atomic E-state index is 0.195. The number of rotatable bonds is 4. The number of nitrogens with zero attached hydrogens (tertiary/aromatic N) is 4. The van der Waals surface area contributed by atoms with E-state index in [4.69, 9.17) is 0 Å². The number of hydrogen-bond acceptors (Lipinski definition) is 4. The lowest BCUT2D eigenvalue weighted by molar-refractivity contribution is -0.118. The van der Waals surface area contributed by atoms with E-state index in [1.54, 1.807) is 23.1 Å². The van der Waals surface area contributed by atoms with Crippen molar-refractivity contribution < 1.29 is 4.79 Å². The van der Waals surface area contributed by atoms with Crippen molar-refractivity contribution in [3.63, 3.8) is 0 Å². The molecule has 0 unspecified atom stereocenters. The highest BCUT2D eigenvalue weighted by Gasteiger charge is 2.09. The summed E-state index contributed by atoms with van der Waals surface area (Å²) in [5, 5.41) is 7.71. The molecule has 0 aliphatic carbocycles. The van der Waals surface area contributed by atoms with Crippen molar-refractivity contribution in [2.45, 2.75) is 26.2 Å². The minimum atomic E-state index is 0.195. The zero-order chi connectivity index (χ0) is 10.7. The summed E-state index contributed by atoms with van der Waals surface area (Å²) in [5.74, 6) is 0.195. The molecule has 0 fully saturated rings. The second-order valence-electron chi connectivity index (χ2n) is 3.40. The summed E-state index contributed by atoms with van der Waals surface area (Å²) in [4.78, 5) is 15.6. The Labute approximate surface area is 87.2 Å². The monoisotopic (exact) mass is 204 g/mol. The summed E-state index contributed by atoms with van der Waals surface area (Å²) in [5.41, 5.74) is 1.37. The fourth-order valence-electron chi connectivity index (χ4n) is 1.49. The molecule has 78 valence electrons. The van der Waals surface area contributed by atoms with Crippen LogP contribution in [0.25, 0.3) is 5.65 Å².